The largest absolute Gasteiger partial charge is 0.378 e. The molecule has 0 unspecified atom stereocenters. The molecule has 0 aliphatic heterocycles. The zero-order valence-electron chi connectivity index (χ0n) is 12.9. The van der Waals surface area contributed by atoms with Gasteiger partial charge in [0.2, 0.25) is 0 Å². The van der Waals surface area contributed by atoms with Gasteiger partial charge >= 0.3 is 0 Å². The molecule has 6 heteroatoms. The van der Waals surface area contributed by atoms with Crippen LogP contribution in [0.5, 0.6) is 0 Å². The molecular formula is C18H14ClN3OS. The third-order valence-electron chi connectivity index (χ3n) is 3.82. The lowest BCUT2D eigenvalue weighted by molar-refractivity contribution is 0.181. The first-order chi connectivity index (χ1) is 11.8. The van der Waals surface area contributed by atoms with E-state index in [1.54, 1.807) is 18.4 Å². The molecule has 4 rings (SSSR count). The molecule has 4 aromatic rings. The zero-order valence-corrected chi connectivity index (χ0v) is 14.5. The van der Waals surface area contributed by atoms with Crippen LogP contribution < -0.4 is 0 Å². The number of thiophene rings is 1. The van der Waals surface area contributed by atoms with Crippen molar-refractivity contribution in [1.82, 2.24) is 14.6 Å². The van der Waals surface area contributed by atoms with Crippen molar-refractivity contribution in [2.75, 3.05) is 7.11 Å². The maximum atomic E-state index is 6.03. The van der Waals surface area contributed by atoms with Crippen LogP contribution in [0, 0.1) is 0 Å². The molecule has 4 nitrogen and oxygen atoms in total. The van der Waals surface area contributed by atoms with Crippen molar-refractivity contribution >= 4 is 28.6 Å². The van der Waals surface area contributed by atoms with Crippen LogP contribution in [0.1, 0.15) is 5.69 Å². The second-order valence-corrected chi connectivity index (χ2v) is 6.56. The fraction of sp³-hybridized carbons (Fsp3) is 0.111. The molecule has 0 aliphatic carbocycles. The molecule has 24 heavy (non-hydrogen) atoms. The monoisotopic (exact) mass is 355 g/mol. The third kappa shape index (κ3) is 2.60. The highest BCUT2D eigenvalue weighted by Crippen LogP contribution is 2.32. The number of hydrogen-bond donors (Lipinski definition) is 0. The van der Waals surface area contributed by atoms with E-state index >= 15 is 0 Å². The summed E-state index contributed by atoms with van der Waals surface area (Å²) in [5.74, 6) is 0. The van der Waals surface area contributed by atoms with Gasteiger partial charge < -0.3 is 4.74 Å². The summed E-state index contributed by atoms with van der Waals surface area (Å²) in [6.45, 7) is 0.421. The molecule has 0 atom stereocenters. The number of halogens is 1. The van der Waals surface area contributed by atoms with Gasteiger partial charge in [-0.25, -0.2) is 9.50 Å². The molecule has 0 saturated carbocycles. The second-order valence-electron chi connectivity index (χ2n) is 5.34. The number of benzene rings is 1. The van der Waals surface area contributed by atoms with Crippen LogP contribution in [-0.4, -0.2) is 21.7 Å². The number of rotatable bonds is 4. The Morgan fingerprint density at radius 1 is 1.12 bits per heavy atom. The van der Waals surface area contributed by atoms with Crippen molar-refractivity contribution in [3.8, 4) is 22.4 Å². The zero-order chi connectivity index (χ0) is 16.5. The average Bonchev–Trinajstić information content (AvgIpc) is 3.23. The van der Waals surface area contributed by atoms with E-state index in [0.717, 1.165) is 33.7 Å². The van der Waals surface area contributed by atoms with Gasteiger partial charge in [-0.2, -0.15) is 16.4 Å². The van der Waals surface area contributed by atoms with Gasteiger partial charge in [0.15, 0.2) is 5.65 Å². The van der Waals surface area contributed by atoms with E-state index in [4.69, 9.17) is 21.4 Å². The Balaban J connectivity index is 1.99. The highest BCUT2D eigenvalue weighted by molar-refractivity contribution is 7.08. The highest BCUT2D eigenvalue weighted by Gasteiger charge is 2.18. The third-order valence-corrected chi connectivity index (χ3v) is 4.76. The summed E-state index contributed by atoms with van der Waals surface area (Å²) in [6, 6.07) is 11.8. The molecule has 0 aliphatic rings. The van der Waals surface area contributed by atoms with Crippen molar-refractivity contribution in [2.45, 2.75) is 6.61 Å². The lowest BCUT2D eigenvalue weighted by atomic mass is 10.1. The number of nitrogens with zero attached hydrogens (tertiary/aromatic N) is 3. The summed E-state index contributed by atoms with van der Waals surface area (Å²) in [6.07, 6.45) is 1.82. The van der Waals surface area contributed by atoms with Gasteiger partial charge in [0.05, 0.1) is 23.6 Å². The van der Waals surface area contributed by atoms with Crippen LogP contribution in [0.4, 0.5) is 0 Å². The van der Waals surface area contributed by atoms with Crippen molar-refractivity contribution in [1.29, 1.82) is 0 Å². The van der Waals surface area contributed by atoms with Crippen molar-refractivity contribution in [3.63, 3.8) is 0 Å². The quantitative estimate of drug-likeness (QED) is 0.521. The molecule has 120 valence electrons. The van der Waals surface area contributed by atoms with E-state index in [2.05, 4.69) is 21.8 Å². The van der Waals surface area contributed by atoms with Crippen LogP contribution >= 0.6 is 22.9 Å². The average molecular weight is 356 g/mol. The van der Waals surface area contributed by atoms with Crippen LogP contribution in [-0.2, 0) is 11.3 Å². The van der Waals surface area contributed by atoms with Crippen molar-refractivity contribution < 1.29 is 4.74 Å². The van der Waals surface area contributed by atoms with E-state index in [0.29, 0.717) is 11.6 Å². The maximum Gasteiger partial charge on any atom is 0.163 e. The van der Waals surface area contributed by atoms with Gasteiger partial charge in [-0.05, 0) is 35.2 Å². The normalized spacial score (nSPS) is 11.2. The fourth-order valence-electron chi connectivity index (χ4n) is 2.77. The number of hydrogen-bond acceptors (Lipinski definition) is 4. The van der Waals surface area contributed by atoms with E-state index < -0.39 is 0 Å². The van der Waals surface area contributed by atoms with Gasteiger partial charge in [-0.3, -0.25) is 0 Å². The lowest BCUT2D eigenvalue weighted by Crippen LogP contribution is -1.95. The van der Waals surface area contributed by atoms with Gasteiger partial charge in [0.1, 0.15) is 0 Å². The lowest BCUT2D eigenvalue weighted by Gasteiger charge is -2.04. The van der Waals surface area contributed by atoms with E-state index in [1.165, 1.54) is 0 Å². The second kappa shape index (κ2) is 6.36. The van der Waals surface area contributed by atoms with Crippen molar-refractivity contribution in [3.05, 3.63) is 64.1 Å². The van der Waals surface area contributed by atoms with Gasteiger partial charge in [-0.1, -0.05) is 23.7 Å². The number of fused-ring (bicyclic) bond motifs is 1. The summed E-state index contributed by atoms with van der Waals surface area (Å²) in [4.78, 5) is 4.57. The summed E-state index contributed by atoms with van der Waals surface area (Å²) in [5, 5.41) is 9.62. The standard InChI is InChI=1S/C18H14ClN3OS/c1-23-10-15-17(12-2-4-14(19)5-3-12)18-20-8-6-16(22(18)21-15)13-7-9-24-11-13/h2-9,11H,10H2,1H3. The molecule has 0 radical (unpaired) electrons. The molecule has 0 saturated heterocycles. The first-order valence-corrected chi connectivity index (χ1v) is 8.74. The summed E-state index contributed by atoms with van der Waals surface area (Å²) in [7, 11) is 1.67. The number of ether oxygens (including phenoxy) is 1. The Bertz CT molecular complexity index is 978. The summed E-state index contributed by atoms with van der Waals surface area (Å²) in [5.41, 5.74) is 5.81. The topological polar surface area (TPSA) is 39.4 Å². The van der Waals surface area contributed by atoms with E-state index in [1.807, 2.05) is 41.0 Å². The molecule has 0 bridgehead atoms. The first-order valence-electron chi connectivity index (χ1n) is 7.42. The number of aromatic nitrogens is 3. The van der Waals surface area contributed by atoms with Crippen LogP contribution in [0.25, 0.3) is 28.0 Å². The Kier molecular flexibility index (Phi) is 4.06. The minimum atomic E-state index is 0.421. The smallest absolute Gasteiger partial charge is 0.163 e. The molecule has 0 amide bonds. The SMILES string of the molecule is COCc1nn2c(-c3ccsc3)ccnc2c1-c1ccc(Cl)cc1. The molecule has 0 N–H and O–H groups in total. The van der Waals surface area contributed by atoms with Gasteiger partial charge in [-0.15, -0.1) is 0 Å². The maximum absolute atomic E-state index is 6.03. The predicted molar refractivity (Wildman–Crippen MR) is 97.5 cm³/mol. The minimum Gasteiger partial charge on any atom is -0.378 e. The van der Waals surface area contributed by atoms with Gasteiger partial charge in [0, 0.05) is 29.3 Å². The minimum absolute atomic E-state index is 0.421. The number of methoxy groups -OCH3 is 1. The van der Waals surface area contributed by atoms with Crippen LogP contribution in [0.3, 0.4) is 0 Å². The molecule has 0 fully saturated rings. The Morgan fingerprint density at radius 3 is 2.67 bits per heavy atom. The Labute approximate surface area is 148 Å². The van der Waals surface area contributed by atoms with Gasteiger partial charge in [0.25, 0.3) is 0 Å². The highest BCUT2D eigenvalue weighted by atomic mass is 35.5. The summed E-state index contributed by atoms with van der Waals surface area (Å²) >= 11 is 7.69. The van der Waals surface area contributed by atoms with Crippen LogP contribution in [0.15, 0.2) is 53.4 Å². The molecular weight excluding hydrogens is 342 g/mol. The molecule has 0 spiro atoms. The van der Waals surface area contributed by atoms with Crippen LogP contribution in [0.2, 0.25) is 5.02 Å². The molecule has 3 heterocycles. The summed E-state index contributed by atoms with van der Waals surface area (Å²) < 4.78 is 7.24. The first kappa shape index (κ1) is 15.3. The molecule has 1 aromatic carbocycles. The van der Waals surface area contributed by atoms with E-state index in [9.17, 15) is 0 Å². The van der Waals surface area contributed by atoms with E-state index in [-0.39, 0.29) is 0 Å². The molecule has 3 aromatic heterocycles. The van der Waals surface area contributed by atoms with Crippen molar-refractivity contribution in [2.24, 2.45) is 0 Å². The Morgan fingerprint density at radius 2 is 1.96 bits per heavy atom. The Hall–Kier alpha value is -2.21. The predicted octanol–water partition coefficient (Wildman–Crippen LogP) is 4.92. The fourth-order valence-corrected chi connectivity index (χ4v) is 3.54.